The van der Waals surface area contributed by atoms with Gasteiger partial charge >= 0.3 is 12.1 Å². The standard InChI is InChI=1S/C23H21N5O5/c1-13(21(30)31)10-11-24-20(29)19-25-22(28-27-19)26-23(32)33-12-18-16-8-4-2-6-14(16)15-7-3-5-9-17(15)18/h2-10,18H,11-12H2,1H3,(H,24,29)(H,30,31)(H2,25,26,27,28,32)/b13-10+. The molecule has 0 fully saturated rings. The molecule has 1 aromatic heterocycles. The van der Waals surface area contributed by atoms with E-state index >= 15 is 0 Å². The number of carboxylic acids is 1. The van der Waals surface area contributed by atoms with Gasteiger partial charge < -0.3 is 15.2 Å². The number of carboxylic acid groups (broad SMARTS) is 1. The van der Waals surface area contributed by atoms with Crippen molar-refractivity contribution in [2.75, 3.05) is 18.5 Å². The zero-order valence-electron chi connectivity index (χ0n) is 17.7. The van der Waals surface area contributed by atoms with Crippen LogP contribution in [0.4, 0.5) is 10.7 Å². The molecule has 0 atom stereocenters. The molecule has 0 aliphatic heterocycles. The van der Waals surface area contributed by atoms with Crippen LogP contribution < -0.4 is 10.6 Å². The van der Waals surface area contributed by atoms with E-state index in [1.807, 2.05) is 48.5 Å². The van der Waals surface area contributed by atoms with Gasteiger partial charge in [0.25, 0.3) is 11.9 Å². The van der Waals surface area contributed by atoms with Crippen molar-refractivity contribution in [3.05, 3.63) is 77.1 Å². The summed E-state index contributed by atoms with van der Waals surface area (Å²) in [5.74, 6) is -2.00. The number of hydrogen-bond acceptors (Lipinski definition) is 6. The smallest absolute Gasteiger partial charge is 0.414 e. The van der Waals surface area contributed by atoms with Gasteiger partial charge in [-0.3, -0.25) is 15.2 Å². The average molecular weight is 447 g/mol. The van der Waals surface area contributed by atoms with E-state index in [4.69, 9.17) is 9.84 Å². The summed E-state index contributed by atoms with van der Waals surface area (Å²) in [7, 11) is 0. The van der Waals surface area contributed by atoms with Gasteiger partial charge in [-0.15, -0.1) is 5.10 Å². The fraction of sp³-hybridized carbons (Fsp3) is 0.174. The van der Waals surface area contributed by atoms with Gasteiger partial charge in [-0.25, -0.2) is 9.59 Å². The Labute approximate surface area is 188 Å². The van der Waals surface area contributed by atoms with Crippen LogP contribution in [0, 0.1) is 0 Å². The number of nitrogens with one attached hydrogen (secondary N) is 3. The van der Waals surface area contributed by atoms with Crippen molar-refractivity contribution in [3.63, 3.8) is 0 Å². The van der Waals surface area contributed by atoms with Crippen LogP contribution in [0.3, 0.4) is 0 Å². The lowest BCUT2D eigenvalue weighted by Crippen LogP contribution is -2.25. The maximum absolute atomic E-state index is 12.3. The minimum Gasteiger partial charge on any atom is -0.478 e. The molecule has 0 spiro atoms. The molecule has 2 amide bonds. The molecule has 0 saturated heterocycles. The summed E-state index contributed by atoms with van der Waals surface area (Å²) < 4.78 is 5.42. The number of anilines is 1. The first-order valence-corrected chi connectivity index (χ1v) is 10.2. The lowest BCUT2D eigenvalue weighted by molar-refractivity contribution is -0.132. The number of fused-ring (bicyclic) bond motifs is 3. The third-order valence-electron chi connectivity index (χ3n) is 5.27. The highest BCUT2D eigenvalue weighted by Gasteiger charge is 2.29. The van der Waals surface area contributed by atoms with Crippen LogP contribution in [0.15, 0.2) is 60.2 Å². The van der Waals surface area contributed by atoms with Crippen molar-refractivity contribution in [3.8, 4) is 11.1 Å². The summed E-state index contributed by atoms with van der Waals surface area (Å²) >= 11 is 0. The van der Waals surface area contributed by atoms with Gasteiger partial charge in [0.05, 0.1) is 0 Å². The Bertz CT molecular complexity index is 1200. The molecule has 1 aliphatic rings. The van der Waals surface area contributed by atoms with E-state index < -0.39 is 18.0 Å². The van der Waals surface area contributed by atoms with Crippen LogP contribution in [0.25, 0.3) is 11.1 Å². The zero-order chi connectivity index (χ0) is 23.4. The number of carbonyl (C=O) groups is 3. The number of benzene rings is 2. The molecule has 0 unspecified atom stereocenters. The SMILES string of the molecule is C/C(=C\CNC(=O)c1nc(NC(=O)OCC2c3ccccc3-c3ccccc32)n[nH]1)C(=O)O. The normalized spacial score (nSPS) is 12.6. The number of nitrogens with zero attached hydrogens (tertiary/aromatic N) is 2. The van der Waals surface area contributed by atoms with Gasteiger partial charge in [-0.1, -0.05) is 54.6 Å². The first-order valence-electron chi connectivity index (χ1n) is 10.2. The fourth-order valence-electron chi connectivity index (χ4n) is 3.61. The highest BCUT2D eigenvalue weighted by molar-refractivity contribution is 5.92. The topological polar surface area (TPSA) is 146 Å². The zero-order valence-corrected chi connectivity index (χ0v) is 17.7. The van der Waals surface area contributed by atoms with Gasteiger partial charge in [0, 0.05) is 18.0 Å². The molecule has 168 valence electrons. The van der Waals surface area contributed by atoms with Crippen molar-refractivity contribution >= 4 is 23.9 Å². The first-order chi connectivity index (χ1) is 15.9. The molecule has 3 aromatic rings. The Hall–Kier alpha value is -4.47. The Kier molecular flexibility index (Phi) is 6.16. The van der Waals surface area contributed by atoms with Crippen molar-refractivity contribution in [1.82, 2.24) is 20.5 Å². The second-order valence-electron chi connectivity index (χ2n) is 7.36. The number of hydrogen-bond donors (Lipinski definition) is 4. The van der Waals surface area contributed by atoms with E-state index in [-0.39, 0.29) is 36.4 Å². The summed E-state index contributed by atoms with van der Waals surface area (Å²) in [6, 6.07) is 16.0. The van der Waals surface area contributed by atoms with Gasteiger partial charge in [0.1, 0.15) is 6.61 Å². The van der Waals surface area contributed by atoms with E-state index in [1.165, 1.54) is 13.0 Å². The number of ether oxygens (including phenoxy) is 1. The molecule has 0 radical (unpaired) electrons. The summed E-state index contributed by atoms with van der Waals surface area (Å²) in [5, 5.41) is 19.9. The molecule has 4 N–H and O–H groups in total. The van der Waals surface area contributed by atoms with Crippen LogP contribution in [0.1, 0.15) is 34.6 Å². The lowest BCUT2D eigenvalue weighted by atomic mass is 9.98. The highest BCUT2D eigenvalue weighted by Crippen LogP contribution is 2.44. The Morgan fingerprint density at radius 3 is 2.36 bits per heavy atom. The molecule has 0 saturated carbocycles. The van der Waals surface area contributed by atoms with E-state index in [1.54, 1.807) is 0 Å². The summed E-state index contributed by atoms with van der Waals surface area (Å²) in [5.41, 5.74) is 4.54. The number of aromatic nitrogens is 3. The molecule has 1 heterocycles. The number of amides is 2. The van der Waals surface area contributed by atoms with Gasteiger partial charge in [0.2, 0.25) is 5.82 Å². The third kappa shape index (κ3) is 4.74. The molecular formula is C23H21N5O5. The van der Waals surface area contributed by atoms with Crippen LogP contribution in [-0.4, -0.2) is 51.4 Å². The molecule has 10 nitrogen and oxygen atoms in total. The van der Waals surface area contributed by atoms with Gasteiger partial charge in [-0.2, -0.15) is 4.98 Å². The predicted molar refractivity (Wildman–Crippen MR) is 119 cm³/mol. The van der Waals surface area contributed by atoms with E-state index in [0.29, 0.717) is 0 Å². The van der Waals surface area contributed by atoms with Crippen molar-refractivity contribution in [2.45, 2.75) is 12.8 Å². The van der Waals surface area contributed by atoms with Crippen molar-refractivity contribution in [1.29, 1.82) is 0 Å². The number of H-pyrrole nitrogens is 1. The fourth-order valence-corrected chi connectivity index (χ4v) is 3.61. The van der Waals surface area contributed by atoms with E-state index in [9.17, 15) is 14.4 Å². The van der Waals surface area contributed by atoms with Crippen molar-refractivity contribution < 1.29 is 24.2 Å². The average Bonchev–Trinajstić information content (AvgIpc) is 3.40. The number of rotatable bonds is 7. The van der Waals surface area contributed by atoms with Crippen LogP contribution in [0.5, 0.6) is 0 Å². The second-order valence-corrected chi connectivity index (χ2v) is 7.36. The van der Waals surface area contributed by atoms with Gasteiger partial charge in [0.15, 0.2) is 0 Å². The van der Waals surface area contributed by atoms with E-state index in [0.717, 1.165) is 22.3 Å². The monoisotopic (exact) mass is 447 g/mol. The summed E-state index contributed by atoms with van der Waals surface area (Å²) in [6.07, 6.45) is 0.606. The summed E-state index contributed by atoms with van der Waals surface area (Å²) in [4.78, 5) is 39.0. The molecule has 10 heteroatoms. The summed E-state index contributed by atoms with van der Waals surface area (Å²) in [6.45, 7) is 1.55. The quantitative estimate of drug-likeness (QED) is 0.407. The number of carbonyl (C=O) groups excluding carboxylic acids is 2. The Morgan fingerprint density at radius 1 is 1.09 bits per heavy atom. The maximum atomic E-state index is 12.3. The van der Waals surface area contributed by atoms with Crippen molar-refractivity contribution in [2.24, 2.45) is 0 Å². The minimum atomic E-state index is -1.07. The molecule has 1 aliphatic carbocycles. The highest BCUT2D eigenvalue weighted by atomic mass is 16.5. The predicted octanol–water partition coefficient (Wildman–Crippen LogP) is 2.93. The van der Waals surface area contributed by atoms with E-state index in [2.05, 4.69) is 25.8 Å². The number of aliphatic carboxylic acids is 1. The van der Waals surface area contributed by atoms with Crippen LogP contribution in [0.2, 0.25) is 0 Å². The Morgan fingerprint density at radius 2 is 1.73 bits per heavy atom. The van der Waals surface area contributed by atoms with Gasteiger partial charge in [-0.05, 0) is 29.2 Å². The lowest BCUT2D eigenvalue weighted by Gasteiger charge is -2.13. The van der Waals surface area contributed by atoms with Crippen LogP contribution >= 0.6 is 0 Å². The molecule has 4 rings (SSSR count). The maximum Gasteiger partial charge on any atom is 0.414 e. The molecule has 33 heavy (non-hydrogen) atoms. The number of aromatic amines is 1. The third-order valence-corrected chi connectivity index (χ3v) is 5.27. The molecule has 0 bridgehead atoms. The second kappa shape index (κ2) is 9.35. The molecule has 2 aromatic carbocycles. The van der Waals surface area contributed by atoms with Crippen LogP contribution in [-0.2, 0) is 9.53 Å². The molecular weight excluding hydrogens is 426 g/mol. The Balaban J connectivity index is 1.33. The minimum absolute atomic E-state index is 0.00675. The first kappa shape index (κ1) is 21.8. The largest absolute Gasteiger partial charge is 0.478 e.